The number of benzene rings is 1. The molecule has 3 rings (SSSR count). The van der Waals surface area contributed by atoms with Crippen LogP contribution in [0.2, 0.25) is 0 Å². The Morgan fingerprint density at radius 2 is 1.87 bits per heavy atom. The average Bonchev–Trinajstić information content (AvgIpc) is 3.37. The van der Waals surface area contributed by atoms with E-state index in [0.717, 1.165) is 13.1 Å². The van der Waals surface area contributed by atoms with Gasteiger partial charge in [0, 0.05) is 5.57 Å². The minimum absolute atomic E-state index is 0.0247. The summed E-state index contributed by atoms with van der Waals surface area (Å²) in [7, 11) is 0. The first-order valence-electron chi connectivity index (χ1n) is 10.8. The van der Waals surface area contributed by atoms with Gasteiger partial charge in [-0.2, -0.15) is 0 Å². The van der Waals surface area contributed by atoms with Crippen molar-refractivity contribution in [3.63, 3.8) is 0 Å². The van der Waals surface area contributed by atoms with Crippen molar-refractivity contribution >= 4 is 11.7 Å². The summed E-state index contributed by atoms with van der Waals surface area (Å²) in [6, 6.07) is 9.55. The molecule has 31 heavy (non-hydrogen) atoms. The summed E-state index contributed by atoms with van der Waals surface area (Å²) >= 11 is 0. The fourth-order valence-corrected chi connectivity index (χ4v) is 3.87. The summed E-state index contributed by atoms with van der Waals surface area (Å²) in [5, 5.41) is 12.9. The number of ketones is 1. The number of likely N-dealkylation sites (N-methyl/N-ethyl adjacent to an activating group) is 1. The van der Waals surface area contributed by atoms with Crippen molar-refractivity contribution in [1.82, 2.24) is 4.90 Å². The monoisotopic (exact) mass is 426 g/mol. The molecule has 7 nitrogen and oxygen atoms in total. The van der Waals surface area contributed by atoms with Crippen molar-refractivity contribution in [3.8, 4) is 5.75 Å². The molecule has 7 heteroatoms. The van der Waals surface area contributed by atoms with E-state index in [2.05, 4.69) is 13.8 Å². The van der Waals surface area contributed by atoms with Gasteiger partial charge in [0.25, 0.3) is 0 Å². The van der Waals surface area contributed by atoms with E-state index in [0.29, 0.717) is 24.4 Å². The first-order chi connectivity index (χ1) is 14.9. The van der Waals surface area contributed by atoms with E-state index in [4.69, 9.17) is 9.15 Å². The topological polar surface area (TPSA) is 87.2 Å². The van der Waals surface area contributed by atoms with Crippen molar-refractivity contribution < 1.29 is 28.7 Å². The maximum absolute atomic E-state index is 13.1. The molecule has 2 aromatic rings. The molecule has 1 aliphatic heterocycles. The third-order valence-electron chi connectivity index (χ3n) is 5.55. The number of carbonyl (C=O) groups excluding carboxylic acids is 2. The van der Waals surface area contributed by atoms with Crippen LogP contribution in [0, 0.1) is 0 Å². The standard InChI is InChI=1S/C24H30N2O5/c1-5-25(6-2)13-14-26-21(17-9-11-18(12-10-17)31-16(3)4)20(23(28)24(26)29)22(27)19-8-7-15-30-19/h7-12,15-16,21,28H,5-6,13-14H2,1-4H3. The molecule has 1 N–H and O–H groups in total. The van der Waals surface area contributed by atoms with Crippen LogP contribution in [0.5, 0.6) is 5.75 Å². The smallest absolute Gasteiger partial charge is 0.240 e. The van der Waals surface area contributed by atoms with Crippen LogP contribution in [0.1, 0.15) is 49.9 Å². The van der Waals surface area contributed by atoms with Crippen LogP contribution in [-0.2, 0) is 4.79 Å². The zero-order valence-corrected chi connectivity index (χ0v) is 18.5. The van der Waals surface area contributed by atoms with Gasteiger partial charge >= 0.3 is 0 Å². The molecule has 0 fully saturated rings. The Balaban J connectivity index is 1.97. The number of ether oxygens (including phenoxy) is 1. The highest BCUT2D eigenvalue weighted by Crippen LogP contribution is 2.38. The minimum Gasteiger partial charge on any atom is -0.868 e. The van der Waals surface area contributed by atoms with E-state index in [-0.39, 0.29) is 17.4 Å². The number of nitrogens with zero attached hydrogens (tertiary/aromatic N) is 1. The summed E-state index contributed by atoms with van der Waals surface area (Å²) in [5.74, 6) is -1.21. The highest BCUT2D eigenvalue weighted by molar-refractivity contribution is 6.14. The van der Waals surface area contributed by atoms with E-state index in [1.807, 2.05) is 13.8 Å². The summed E-state index contributed by atoms with van der Waals surface area (Å²) in [5.41, 5.74) is 0.631. The van der Waals surface area contributed by atoms with E-state index in [1.165, 1.54) is 22.1 Å². The van der Waals surface area contributed by atoms with Gasteiger partial charge in [0.1, 0.15) is 5.75 Å². The number of hydrogen-bond donors (Lipinski definition) is 1. The van der Waals surface area contributed by atoms with Crippen LogP contribution in [-0.4, -0.2) is 48.9 Å². The minimum atomic E-state index is -0.761. The second-order valence-electron chi connectivity index (χ2n) is 7.89. The van der Waals surface area contributed by atoms with Crippen molar-refractivity contribution in [2.75, 3.05) is 26.2 Å². The van der Waals surface area contributed by atoms with Gasteiger partial charge in [-0.3, -0.25) is 9.59 Å². The molecule has 1 aliphatic rings. The van der Waals surface area contributed by atoms with Gasteiger partial charge in [0.05, 0.1) is 44.6 Å². The second kappa shape index (κ2) is 9.83. The lowest BCUT2D eigenvalue weighted by Gasteiger charge is -2.29. The Kier molecular flexibility index (Phi) is 7.17. The number of hydrogen-bond acceptors (Lipinski definition) is 5. The molecule has 1 aromatic heterocycles. The second-order valence-corrected chi connectivity index (χ2v) is 7.89. The average molecular weight is 427 g/mol. The fourth-order valence-electron chi connectivity index (χ4n) is 3.87. The van der Waals surface area contributed by atoms with Crippen LogP contribution in [0.25, 0.3) is 0 Å². The Morgan fingerprint density at radius 3 is 2.42 bits per heavy atom. The lowest BCUT2D eigenvalue weighted by Crippen LogP contribution is -3.12. The molecule has 0 saturated carbocycles. The SMILES string of the molecule is CC[NH+](CC)CCN1C(=O)C([O-])=C(C(=O)c2ccco2)C1c1ccc(OC(C)C)cc1. The first kappa shape index (κ1) is 22.6. The zero-order valence-electron chi connectivity index (χ0n) is 18.5. The molecule has 0 aliphatic carbocycles. The number of furan rings is 1. The van der Waals surface area contributed by atoms with E-state index >= 15 is 0 Å². The third kappa shape index (κ3) is 4.82. The van der Waals surface area contributed by atoms with Crippen molar-refractivity contribution in [2.24, 2.45) is 0 Å². The van der Waals surface area contributed by atoms with Crippen LogP contribution in [0.3, 0.4) is 0 Å². The highest BCUT2D eigenvalue weighted by atomic mass is 16.5. The van der Waals surface area contributed by atoms with E-state index < -0.39 is 23.5 Å². The van der Waals surface area contributed by atoms with E-state index in [9.17, 15) is 14.7 Å². The first-order valence-corrected chi connectivity index (χ1v) is 10.8. The number of nitrogens with one attached hydrogen (secondary N) is 1. The third-order valence-corrected chi connectivity index (χ3v) is 5.55. The number of quaternary nitrogens is 1. The lowest BCUT2D eigenvalue weighted by molar-refractivity contribution is -0.895. The summed E-state index contributed by atoms with van der Waals surface area (Å²) in [6.07, 6.45) is 1.40. The molecule has 1 atom stereocenters. The van der Waals surface area contributed by atoms with Gasteiger partial charge in [-0.05, 0) is 63.3 Å². The molecule has 0 bridgehead atoms. The van der Waals surface area contributed by atoms with Crippen molar-refractivity contribution in [1.29, 1.82) is 0 Å². The molecule has 0 spiro atoms. The highest BCUT2D eigenvalue weighted by Gasteiger charge is 2.40. The summed E-state index contributed by atoms with van der Waals surface area (Å²) in [6.45, 7) is 10.9. The van der Waals surface area contributed by atoms with Crippen molar-refractivity contribution in [3.05, 3.63) is 65.3 Å². The number of carbonyl (C=O) groups is 2. The summed E-state index contributed by atoms with van der Waals surface area (Å²) < 4.78 is 10.9. The molecular weight excluding hydrogens is 396 g/mol. The van der Waals surface area contributed by atoms with Gasteiger partial charge in [-0.25, -0.2) is 0 Å². The summed E-state index contributed by atoms with van der Waals surface area (Å²) in [4.78, 5) is 28.8. The maximum atomic E-state index is 13.1. The molecule has 1 amide bonds. The normalized spacial score (nSPS) is 16.6. The molecule has 166 valence electrons. The van der Waals surface area contributed by atoms with Gasteiger partial charge in [0.15, 0.2) is 5.76 Å². The Labute approximate surface area is 182 Å². The fraction of sp³-hybridized carbons (Fsp3) is 0.417. The molecular formula is C24H30N2O5. The number of rotatable bonds is 10. The van der Waals surface area contributed by atoms with Gasteiger partial charge in [-0.15, -0.1) is 0 Å². The van der Waals surface area contributed by atoms with Crippen LogP contribution < -0.4 is 14.7 Å². The lowest BCUT2D eigenvalue weighted by atomic mass is 9.95. The number of Topliss-reactive ketones (excluding diaryl/α,β-unsaturated/α-hetero) is 1. The van der Waals surface area contributed by atoms with Gasteiger partial charge in [0.2, 0.25) is 11.7 Å². The van der Waals surface area contributed by atoms with Crippen molar-refractivity contribution in [2.45, 2.75) is 39.8 Å². The maximum Gasteiger partial charge on any atom is 0.240 e. The molecule has 1 aromatic carbocycles. The Hall–Kier alpha value is -3.06. The zero-order chi connectivity index (χ0) is 22.5. The van der Waals surface area contributed by atoms with Gasteiger partial charge in [-0.1, -0.05) is 12.1 Å². The Morgan fingerprint density at radius 1 is 1.19 bits per heavy atom. The molecule has 0 saturated heterocycles. The molecule has 0 radical (unpaired) electrons. The predicted molar refractivity (Wildman–Crippen MR) is 114 cm³/mol. The van der Waals surface area contributed by atoms with Gasteiger partial charge < -0.3 is 24.1 Å². The number of amides is 1. The predicted octanol–water partition coefficient (Wildman–Crippen LogP) is 1.37. The van der Waals surface area contributed by atoms with Crippen LogP contribution in [0.15, 0.2) is 58.4 Å². The van der Waals surface area contributed by atoms with Crippen LogP contribution in [0.4, 0.5) is 0 Å². The molecule has 2 heterocycles. The Bertz CT molecular complexity index is 927. The van der Waals surface area contributed by atoms with E-state index in [1.54, 1.807) is 30.3 Å². The quantitative estimate of drug-likeness (QED) is 0.580. The van der Waals surface area contributed by atoms with Crippen LogP contribution >= 0.6 is 0 Å². The molecule has 1 unspecified atom stereocenters. The largest absolute Gasteiger partial charge is 0.868 e.